The van der Waals surface area contributed by atoms with Crippen LogP contribution in [0.25, 0.3) is 0 Å². The van der Waals surface area contributed by atoms with Gasteiger partial charge in [0.25, 0.3) is 0 Å². The zero-order chi connectivity index (χ0) is 22.2. The summed E-state index contributed by atoms with van der Waals surface area (Å²) in [6, 6.07) is 19.2. The van der Waals surface area contributed by atoms with Gasteiger partial charge in [-0.25, -0.2) is 0 Å². The molecule has 1 heterocycles. The Kier molecular flexibility index (Phi) is 8.63. The first-order valence-corrected chi connectivity index (χ1v) is 11.8. The van der Waals surface area contributed by atoms with Crippen LogP contribution in [0.1, 0.15) is 19.4 Å². The second kappa shape index (κ2) is 11.4. The molecule has 2 aromatic carbocycles. The van der Waals surface area contributed by atoms with Crippen LogP contribution in [0.5, 0.6) is 0 Å². The first-order valence-electron chi connectivity index (χ1n) is 9.96. The molecule has 1 N–H and O–H groups in total. The summed E-state index contributed by atoms with van der Waals surface area (Å²) >= 11 is -0.266. The summed E-state index contributed by atoms with van der Waals surface area (Å²) in [6.07, 6.45) is -3.31. The van der Waals surface area contributed by atoms with Gasteiger partial charge in [-0.15, -0.1) is 0 Å². The van der Waals surface area contributed by atoms with Gasteiger partial charge in [-0.3, -0.25) is 0 Å². The maximum atomic E-state index is 11.9. The van der Waals surface area contributed by atoms with E-state index in [1.165, 1.54) is 13.8 Å². The van der Waals surface area contributed by atoms with Gasteiger partial charge >= 0.3 is 188 Å². The van der Waals surface area contributed by atoms with Crippen molar-refractivity contribution in [2.75, 3.05) is 6.61 Å². The van der Waals surface area contributed by atoms with Gasteiger partial charge in [0.15, 0.2) is 0 Å². The van der Waals surface area contributed by atoms with Gasteiger partial charge in [0.2, 0.25) is 0 Å². The average molecular weight is 493 g/mol. The van der Waals surface area contributed by atoms with E-state index in [9.17, 15) is 14.7 Å². The molecule has 0 saturated carbocycles. The van der Waals surface area contributed by atoms with E-state index < -0.39 is 41.4 Å². The van der Waals surface area contributed by atoms with Crippen LogP contribution in [-0.2, 0) is 35.1 Å². The molecule has 0 unspecified atom stereocenters. The van der Waals surface area contributed by atoms with Gasteiger partial charge in [-0.1, -0.05) is 0 Å². The van der Waals surface area contributed by atoms with E-state index >= 15 is 0 Å². The number of ether oxygens (including phenoxy) is 4. The number of benzene rings is 2. The van der Waals surface area contributed by atoms with Gasteiger partial charge in [0, 0.05) is 0 Å². The van der Waals surface area contributed by atoms with E-state index in [0.29, 0.717) is 0 Å². The molecular weight excluding hydrogens is 467 g/mol. The van der Waals surface area contributed by atoms with Crippen molar-refractivity contribution in [2.45, 2.75) is 49.9 Å². The molecule has 0 amide bonds. The molecule has 3 rings (SSSR count). The maximum absolute atomic E-state index is 11.9. The zero-order valence-corrected chi connectivity index (χ0v) is 19.1. The van der Waals surface area contributed by atoms with E-state index in [0.717, 1.165) is 10.0 Å². The summed E-state index contributed by atoms with van der Waals surface area (Å²) in [5.41, 5.74) is 0.917. The molecule has 0 spiro atoms. The molecule has 0 aromatic heterocycles. The van der Waals surface area contributed by atoms with E-state index in [1.807, 2.05) is 60.7 Å². The first kappa shape index (κ1) is 23.4. The molecule has 1 fully saturated rings. The minimum absolute atomic E-state index is 0.227. The summed E-state index contributed by atoms with van der Waals surface area (Å²) < 4.78 is 24.4. The summed E-state index contributed by atoms with van der Waals surface area (Å²) in [6.45, 7) is 2.49. The Morgan fingerprint density at radius 3 is 2.06 bits per heavy atom. The summed E-state index contributed by atoms with van der Waals surface area (Å²) in [5.74, 6) is -1.04. The molecule has 1 saturated heterocycles. The Morgan fingerprint density at radius 2 is 1.48 bits per heavy atom. The summed E-state index contributed by atoms with van der Waals surface area (Å²) in [4.78, 5) is 23.8. The van der Waals surface area contributed by atoms with Crippen molar-refractivity contribution >= 4 is 31.4 Å². The predicted octanol–water partition coefficient (Wildman–Crippen LogP) is 1.18. The van der Waals surface area contributed by atoms with Gasteiger partial charge in [-0.2, -0.15) is 0 Å². The number of aliphatic hydroxyl groups excluding tert-OH is 1. The predicted molar refractivity (Wildman–Crippen MR) is 114 cm³/mol. The Labute approximate surface area is 187 Å². The van der Waals surface area contributed by atoms with Crippen LogP contribution in [0.15, 0.2) is 60.7 Å². The molecule has 166 valence electrons. The van der Waals surface area contributed by atoms with Gasteiger partial charge < -0.3 is 0 Å². The Morgan fingerprint density at radius 1 is 0.903 bits per heavy atom. The summed E-state index contributed by atoms with van der Waals surface area (Å²) in [5, 5.41) is 9.46. The fourth-order valence-electron chi connectivity index (χ4n) is 3.36. The summed E-state index contributed by atoms with van der Waals surface area (Å²) in [7, 11) is 0. The SMILES string of the molecule is CC(=O)O[C@@H]1[C@@H](OC(C)=O)[C@H]([Se]c2ccccc2)O[C@H](CO)[C@H]1OCc1ccccc1. The molecule has 8 heteroatoms. The molecule has 2 aromatic rings. The molecule has 5 atom stereocenters. The third kappa shape index (κ3) is 6.63. The molecule has 1 aliphatic heterocycles. The third-order valence-electron chi connectivity index (χ3n) is 4.66. The molecule has 0 aliphatic carbocycles. The fraction of sp³-hybridized carbons (Fsp3) is 0.391. The van der Waals surface area contributed by atoms with Gasteiger partial charge in [-0.05, 0) is 0 Å². The van der Waals surface area contributed by atoms with Gasteiger partial charge in [0.05, 0.1) is 0 Å². The second-order valence-corrected chi connectivity index (χ2v) is 9.52. The van der Waals surface area contributed by atoms with Crippen LogP contribution < -0.4 is 4.46 Å². The van der Waals surface area contributed by atoms with Crippen molar-refractivity contribution < 1.29 is 33.6 Å². The van der Waals surface area contributed by atoms with Crippen LogP contribution >= 0.6 is 0 Å². The van der Waals surface area contributed by atoms with E-state index in [-0.39, 0.29) is 28.2 Å². The van der Waals surface area contributed by atoms with Crippen LogP contribution in [0.4, 0.5) is 0 Å². The molecule has 0 radical (unpaired) electrons. The quantitative estimate of drug-likeness (QED) is 0.436. The zero-order valence-electron chi connectivity index (χ0n) is 17.4. The van der Waals surface area contributed by atoms with E-state index in [2.05, 4.69) is 0 Å². The number of esters is 2. The van der Waals surface area contributed by atoms with Crippen LogP contribution in [-0.4, -0.2) is 68.0 Å². The normalized spacial score (nSPS) is 25.6. The number of carbonyl (C=O) groups is 2. The fourth-order valence-corrected chi connectivity index (χ4v) is 5.73. The topological polar surface area (TPSA) is 91.3 Å². The van der Waals surface area contributed by atoms with E-state index in [4.69, 9.17) is 18.9 Å². The molecular formula is C23H26O7Se. The number of aliphatic hydroxyl groups is 1. The Hall–Kier alpha value is -2.22. The number of hydrogen-bond acceptors (Lipinski definition) is 7. The second-order valence-electron chi connectivity index (χ2n) is 7.07. The van der Waals surface area contributed by atoms with Crippen molar-refractivity contribution in [3.05, 3.63) is 66.2 Å². The molecule has 0 bridgehead atoms. The van der Waals surface area contributed by atoms with Crippen molar-refractivity contribution in [3.63, 3.8) is 0 Å². The Balaban J connectivity index is 1.88. The molecule has 31 heavy (non-hydrogen) atoms. The van der Waals surface area contributed by atoms with E-state index in [1.54, 1.807) is 0 Å². The monoisotopic (exact) mass is 494 g/mol. The van der Waals surface area contributed by atoms with Gasteiger partial charge in [0.1, 0.15) is 0 Å². The van der Waals surface area contributed by atoms with Crippen LogP contribution in [0, 0.1) is 0 Å². The molecule has 1 aliphatic rings. The molecule has 7 nitrogen and oxygen atoms in total. The standard InChI is InChI=1S/C23H26O7Se/c1-15(25)28-21-20(27-14-17-9-5-3-6-10-17)19(13-24)30-23(22(21)29-16(2)26)31-18-11-7-4-8-12-18/h3-12,19-24H,13-14H2,1-2H3/t19-,20-,21+,22-,23+/m1/s1. The van der Waals surface area contributed by atoms with Crippen LogP contribution in [0.3, 0.4) is 0 Å². The average Bonchev–Trinajstić information content (AvgIpc) is 2.75. The number of rotatable bonds is 8. The third-order valence-corrected chi connectivity index (χ3v) is 7.08. The number of hydrogen-bond donors (Lipinski definition) is 1. The van der Waals surface area contributed by atoms with Crippen molar-refractivity contribution in [1.82, 2.24) is 0 Å². The van der Waals surface area contributed by atoms with Crippen molar-refractivity contribution in [2.24, 2.45) is 0 Å². The minimum atomic E-state index is -0.911. The Bertz CT molecular complexity index is 846. The van der Waals surface area contributed by atoms with Crippen molar-refractivity contribution in [1.29, 1.82) is 0 Å². The first-order chi connectivity index (χ1) is 15.0. The van der Waals surface area contributed by atoms with Crippen LogP contribution in [0.2, 0.25) is 0 Å². The number of carbonyl (C=O) groups excluding carboxylic acids is 2. The van der Waals surface area contributed by atoms with Crippen molar-refractivity contribution in [3.8, 4) is 0 Å².